The molecule has 3 aromatic rings. The van der Waals surface area contributed by atoms with Gasteiger partial charge in [-0.15, -0.1) is 10.2 Å². The van der Waals surface area contributed by atoms with E-state index in [1.165, 1.54) is 0 Å². The second kappa shape index (κ2) is 7.53. The molecular formula is C19H19N5O. The summed E-state index contributed by atoms with van der Waals surface area (Å²) in [4.78, 5) is 16.3. The lowest BCUT2D eigenvalue weighted by Gasteiger charge is -2.08. The minimum atomic E-state index is -0.199. The van der Waals surface area contributed by atoms with Gasteiger partial charge in [-0.1, -0.05) is 6.07 Å². The second-order valence-corrected chi connectivity index (χ2v) is 5.77. The summed E-state index contributed by atoms with van der Waals surface area (Å²) in [6.45, 7) is 4.63. The predicted molar refractivity (Wildman–Crippen MR) is 97.5 cm³/mol. The van der Waals surface area contributed by atoms with E-state index in [1.54, 1.807) is 30.6 Å². The number of anilines is 2. The number of benzene rings is 1. The Bertz CT molecular complexity index is 863. The molecule has 2 heterocycles. The monoisotopic (exact) mass is 333 g/mol. The van der Waals surface area contributed by atoms with Gasteiger partial charge in [0.25, 0.3) is 5.91 Å². The van der Waals surface area contributed by atoms with E-state index in [-0.39, 0.29) is 5.91 Å². The van der Waals surface area contributed by atoms with Crippen LogP contribution in [-0.4, -0.2) is 21.1 Å². The molecule has 1 amide bonds. The topological polar surface area (TPSA) is 79.8 Å². The fourth-order valence-electron chi connectivity index (χ4n) is 2.26. The van der Waals surface area contributed by atoms with Crippen LogP contribution in [0.2, 0.25) is 0 Å². The van der Waals surface area contributed by atoms with E-state index in [0.29, 0.717) is 23.7 Å². The molecular weight excluding hydrogens is 314 g/mol. The lowest BCUT2D eigenvalue weighted by molar-refractivity contribution is 0.102. The molecule has 2 N–H and O–H groups in total. The number of nitrogens with zero attached hydrogens (tertiary/aromatic N) is 3. The zero-order chi connectivity index (χ0) is 17.6. The first-order valence-corrected chi connectivity index (χ1v) is 7.97. The van der Waals surface area contributed by atoms with Crippen molar-refractivity contribution in [1.29, 1.82) is 0 Å². The van der Waals surface area contributed by atoms with E-state index in [0.717, 1.165) is 16.7 Å². The van der Waals surface area contributed by atoms with Crippen LogP contribution in [-0.2, 0) is 6.54 Å². The predicted octanol–water partition coefficient (Wildman–Crippen LogP) is 3.35. The highest BCUT2D eigenvalue weighted by Gasteiger charge is 2.08. The van der Waals surface area contributed by atoms with Crippen LogP contribution < -0.4 is 10.6 Å². The van der Waals surface area contributed by atoms with Crippen LogP contribution in [0.25, 0.3) is 0 Å². The fraction of sp³-hybridized carbons (Fsp3) is 0.158. The molecule has 2 aromatic heterocycles. The summed E-state index contributed by atoms with van der Waals surface area (Å²) in [5.41, 5.74) is 3.93. The summed E-state index contributed by atoms with van der Waals surface area (Å²) in [7, 11) is 0. The minimum absolute atomic E-state index is 0.199. The van der Waals surface area contributed by atoms with Gasteiger partial charge in [0.1, 0.15) is 5.82 Å². The Balaban J connectivity index is 1.60. The quantitative estimate of drug-likeness (QED) is 0.748. The van der Waals surface area contributed by atoms with E-state index in [2.05, 4.69) is 25.8 Å². The Hall–Kier alpha value is -3.28. The lowest BCUT2D eigenvalue weighted by Crippen LogP contribution is -2.14. The van der Waals surface area contributed by atoms with Gasteiger partial charge >= 0.3 is 0 Å². The van der Waals surface area contributed by atoms with Crippen LogP contribution >= 0.6 is 0 Å². The fourth-order valence-corrected chi connectivity index (χ4v) is 2.26. The van der Waals surface area contributed by atoms with Crippen molar-refractivity contribution < 1.29 is 4.79 Å². The van der Waals surface area contributed by atoms with Crippen molar-refractivity contribution in [3.63, 3.8) is 0 Å². The van der Waals surface area contributed by atoms with Crippen molar-refractivity contribution in [2.24, 2.45) is 0 Å². The van der Waals surface area contributed by atoms with E-state index in [9.17, 15) is 4.79 Å². The number of hydrogen-bond acceptors (Lipinski definition) is 5. The Morgan fingerprint density at radius 3 is 2.32 bits per heavy atom. The average molecular weight is 333 g/mol. The standard InChI is InChI=1S/C19H19N5O/c1-13-3-4-16(11-14(13)2)19(25)22-18-6-5-17(23-24-18)21-12-15-7-9-20-10-8-15/h3-11H,12H2,1-2H3,(H,21,23)(H,22,24,25). The number of pyridine rings is 1. The van der Waals surface area contributed by atoms with Gasteiger partial charge in [0, 0.05) is 24.5 Å². The summed E-state index contributed by atoms with van der Waals surface area (Å²) < 4.78 is 0. The summed E-state index contributed by atoms with van der Waals surface area (Å²) in [5.74, 6) is 0.855. The zero-order valence-corrected chi connectivity index (χ0v) is 14.2. The lowest BCUT2D eigenvalue weighted by atomic mass is 10.1. The minimum Gasteiger partial charge on any atom is -0.365 e. The molecule has 1 aromatic carbocycles. The van der Waals surface area contributed by atoms with E-state index in [4.69, 9.17) is 0 Å². The highest BCUT2D eigenvalue weighted by molar-refractivity contribution is 6.03. The van der Waals surface area contributed by atoms with Crippen LogP contribution in [0.1, 0.15) is 27.0 Å². The summed E-state index contributed by atoms with van der Waals surface area (Å²) in [6.07, 6.45) is 3.49. The van der Waals surface area contributed by atoms with Crippen molar-refractivity contribution in [3.05, 3.63) is 77.1 Å². The van der Waals surface area contributed by atoms with E-state index in [1.807, 2.05) is 38.1 Å². The van der Waals surface area contributed by atoms with Gasteiger partial charge in [-0.25, -0.2) is 0 Å². The maximum atomic E-state index is 12.3. The normalized spacial score (nSPS) is 10.3. The van der Waals surface area contributed by atoms with Crippen LogP contribution in [0, 0.1) is 13.8 Å². The first-order valence-electron chi connectivity index (χ1n) is 7.97. The van der Waals surface area contributed by atoms with Crippen molar-refractivity contribution in [2.45, 2.75) is 20.4 Å². The van der Waals surface area contributed by atoms with Gasteiger partial charge in [0.05, 0.1) is 0 Å². The van der Waals surface area contributed by atoms with E-state index < -0.39 is 0 Å². The van der Waals surface area contributed by atoms with Crippen molar-refractivity contribution in [2.75, 3.05) is 10.6 Å². The van der Waals surface area contributed by atoms with Crippen LogP contribution in [0.5, 0.6) is 0 Å². The van der Waals surface area contributed by atoms with Gasteiger partial charge in [0.2, 0.25) is 0 Å². The van der Waals surface area contributed by atoms with Gasteiger partial charge in [0.15, 0.2) is 5.82 Å². The Kier molecular flexibility index (Phi) is 4.99. The molecule has 0 radical (unpaired) electrons. The molecule has 0 unspecified atom stereocenters. The number of hydrogen-bond donors (Lipinski definition) is 2. The highest BCUT2D eigenvalue weighted by Crippen LogP contribution is 2.13. The third-order valence-electron chi connectivity index (χ3n) is 3.90. The van der Waals surface area contributed by atoms with Gasteiger partial charge in [-0.3, -0.25) is 9.78 Å². The van der Waals surface area contributed by atoms with Crippen molar-refractivity contribution in [3.8, 4) is 0 Å². The van der Waals surface area contributed by atoms with Crippen LogP contribution in [0.3, 0.4) is 0 Å². The van der Waals surface area contributed by atoms with Gasteiger partial charge in [-0.05, 0) is 66.9 Å². The van der Waals surface area contributed by atoms with Crippen molar-refractivity contribution >= 4 is 17.5 Å². The molecule has 0 spiro atoms. The first-order chi connectivity index (χ1) is 12.1. The first kappa shape index (κ1) is 16.6. The number of nitrogens with one attached hydrogen (secondary N) is 2. The summed E-state index contributed by atoms with van der Waals surface area (Å²) in [6, 6.07) is 13.0. The molecule has 0 saturated heterocycles. The molecule has 6 nitrogen and oxygen atoms in total. The van der Waals surface area contributed by atoms with Gasteiger partial charge < -0.3 is 10.6 Å². The third kappa shape index (κ3) is 4.38. The maximum absolute atomic E-state index is 12.3. The van der Waals surface area contributed by atoms with Crippen LogP contribution in [0.15, 0.2) is 54.9 Å². The number of amides is 1. The summed E-state index contributed by atoms with van der Waals surface area (Å²) in [5, 5.41) is 14.1. The number of carbonyl (C=O) groups is 1. The average Bonchev–Trinajstić information content (AvgIpc) is 2.64. The molecule has 126 valence electrons. The Morgan fingerprint density at radius 2 is 1.64 bits per heavy atom. The zero-order valence-electron chi connectivity index (χ0n) is 14.2. The third-order valence-corrected chi connectivity index (χ3v) is 3.90. The Labute approximate surface area is 146 Å². The molecule has 6 heteroatoms. The molecule has 0 saturated carbocycles. The maximum Gasteiger partial charge on any atom is 0.256 e. The smallest absolute Gasteiger partial charge is 0.256 e. The highest BCUT2D eigenvalue weighted by atomic mass is 16.1. The number of aromatic nitrogens is 3. The number of rotatable bonds is 5. The van der Waals surface area contributed by atoms with Crippen LogP contribution in [0.4, 0.5) is 11.6 Å². The molecule has 3 rings (SSSR count). The number of carbonyl (C=O) groups excluding carboxylic acids is 1. The largest absolute Gasteiger partial charge is 0.365 e. The van der Waals surface area contributed by atoms with Crippen molar-refractivity contribution in [1.82, 2.24) is 15.2 Å². The molecule has 0 aliphatic heterocycles. The molecule has 0 aliphatic rings. The molecule has 25 heavy (non-hydrogen) atoms. The summed E-state index contributed by atoms with van der Waals surface area (Å²) >= 11 is 0. The molecule has 0 aliphatic carbocycles. The SMILES string of the molecule is Cc1ccc(C(=O)Nc2ccc(NCc3ccncc3)nn2)cc1C. The molecule has 0 fully saturated rings. The Morgan fingerprint density at radius 1 is 0.920 bits per heavy atom. The molecule has 0 bridgehead atoms. The van der Waals surface area contributed by atoms with E-state index >= 15 is 0 Å². The van der Waals surface area contributed by atoms with Gasteiger partial charge in [-0.2, -0.15) is 0 Å². The number of aryl methyl sites for hydroxylation is 2. The molecule has 0 atom stereocenters. The second-order valence-electron chi connectivity index (χ2n) is 5.77.